The van der Waals surface area contributed by atoms with Gasteiger partial charge < -0.3 is 15.4 Å². The van der Waals surface area contributed by atoms with Crippen molar-refractivity contribution in [1.82, 2.24) is 15.1 Å². The van der Waals surface area contributed by atoms with Gasteiger partial charge in [0.2, 0.25) is 0 Å². The van der Waals surface area contributed by atoms with Crippen molar-refractivity contribution in [3.8, 4) is 11.4 Å². The molecule has 1 aliphatic rings. The van der Waals surface area contributed by atoms with Crippen LogP contribution in [0.1, 0.15) is 32.0 Å². The Morgan fingerprint density at radius 1 is 1.23 bits per heavy atom. The van der Waals surface area contributed by atoms with E-state index in [0.717, 1.165) is 22.4 Å². The highest BCUT2D eigenvalue weighted by Crippen LogP contribution is 2.31. The van der Waals surface area contributed by atoms with Gasteiger partial charge in [-0.25, -0.2) is 4.68 Å². The highest BCUT2D eigenvalue weighted by Gasteiger charge is 2.31. The Balaban J connectivity index is 1.62. The van der Waals surface area contributed by atoms with E-state index >= 15 is 0 Å². The minimum Gasteiger partial charge on any atom is -0.493 e. The third-order valence-electron chi connectivity index (χ3n) is 4.61. The number of hydrogen-bond acceptors (Lipinski definition) is 4. The van der Waals surface area contributed by atoms with E-state index in [9.17, 15) is 22.8 Å². The van der Waals surface area contributed by atoms with Crippen LogP contribution in [-0.4, -0.2) is 28.7 Å². The van der Waals surface area contributed by atoms with Gasteiger partial charge in [-0.3, -0.25) is 9.59 Å². The van der Waals surface area contributed by atoms with Gasteiger partial charge >= 0.3 is 6.18 Å². The third-order valence-corrected chi connectivity index (χ3v) is 4.61. The molecule has 0 saturated heterocycles. The molecule has 0 saturated carbocycles. The maximum absolute atomic E-state index is 13.0. The van der Waals surface area contributed by atoms with Gasteiger partial charge in [-0.05, 0) is 35.9 Å². The van der Waals surface area contributed by atoms with E-state index in [2.05, 4.69) is 15.7 Å². The van der Waals surface area contributed by atoms with Gasteiger partial charge in [-0.15, -0.1) is 0 Å². The number of carbonyl (C=O) groups excluding carboxylic acids is 2. The van der Waals surface area contributed by atoms with Gasteiger partial charge in [0.25, 0.3) is 11.8 Å². The summed E-state index contributed by atoms with van der Waals surface area (Å²) >= 11 is 0. The molecule has 3 aromatic rings. The zero-order valence-corrected chi connectivity index (χ0v) is 15.6. The molecule has 7 nitrogen and oxygen atoms in total. The van der Waals surface area contributed by atoms with E-state index in [1.807, 2.05) is 0 Å². The van der Waals surface area contributed by atoms with E-state index in [1.165, 1.54) is 25.4 Å². The van der Waals surface area contributed by atoms with Crippen LogP contribution < -0.4 is 15.4 Å². The molecule has 0 atom stereocenters. The fourth-order valence-electron chi connectivity index (χ4n) is 3.10. The molecule has 1 aromatic heterocycles. The summed E-state index contributed by atoms with van der Waals surface area (Å²) in [6.07, 6.45) is -3.19. The normalized spacial score (nSPS) is 13.0. The lowest BCUT2D eigenvalue weighted by Crippen LogP contribution is -2.15. The van der Waals surface area contributed by atoms with Gasteiger partial charge in [0.05, 0.1) is 24.6 Å². The number of ether oxygens (including phenoxy) is 1. The number of alkyl halides is 3. The van der Waals surface area contributed by atoms with Crippen LogP contribution in [0.2, 0.25) is 0 Å². The average Bonchev–Trinajstić information content (AvgIpc) is 3.31. The summed E-state index contributed by atoms with van der Waals surface area (Å²) in [5.41, 5.74) is 0.846. The van der Waals surface area contributed by atoms with Crippen molar-refractivity contribution in [2.75, 3.05) is 12.4 Å². The van der Waals surface area contributed by atoms with E-state index in [0.29, 0.717) is 17.8 Å². The number of fused-ring (bicyclic) bond motifs is 1. The smallest absolute Gasteiger partial charge is 0.416 e. The summed E-state index contributed by atoms with van der Waals surface area (Å²) in [5, 5.41) is 9.40. The first kappa shape index (κ1) is 19.5. The molecule has 1 aliphatic heterocycles. The van der Waals surface area contributed by atoms with Crippen LogP contribution in [0.3, 0.4) is 0 Å². The van der Waals surface area contributed by atoms with Crippen molar-refractivity contribution in [2.24, 2.45) is 0 Å². The number of anilines is 1. The molecular formula is C20H15F3N4O3. The quantitative estimate of drug-likeness (QED) is 0.683. The summed E-state index contributed by atoms with van der Waals surface area (Å²) in [4.78, 5) is 24.5. The Kier molecular flexibility index (Phi) is 4.69. The highest BCUT2D eigenvalue weighted by atomic mass is 19.4. The van der Waals surface area contributed by atoms with Crippen LogP contribution in [0.5, 0.6) is 5.75 Å². The van der Waals surface area contributed by atoms with Crippen molar-refractivity contribution in [3.05, 3.63) is 71.0 Å². The van der Waals surface area contributed by atoms with Gasteiger partial charge in [-0.2, -0.15) is 18.3 Å². The Morgan fingerprint density at radius 3 is 2.77 bits per heavy atom. The Morgan fingerprint density at radius 2 is 2.03 bits per heavy atom. The number of nitrogens with one attached hydrogen (secondary N) is 2. The molecule has 0 spiro atoms. The second-order valence-electron chi connectivity index (χ2n) is 6.55. The summed E-state index contributed by atoms with van der Waals surface area (Å²) in [5.74, 6) is -0.771. The Hall–Kier alpha value is -3.82. The topological polar surface area (TPSA) is 85.2 Å². The Bertz CT molecular complexity index is 1150. The Labute approximate surface area is 168 Å². The molecular weight excluding hydrogens is 401 g/mol. The standard InChI is InChI=1S/C20H15F3N4O3/c1-30-16-10-27(14-4-2-3-12(7-14)20(21,22)23)26-17(16)19(29)25-13-6-5-11-9-24-18(28)15(11)8-13/h2-8,10H,9H2,1H3,(H,24,28)(H,25,29). The van der Waals surface area contributed by atoms with Crippen molar-refractivity contribution < 1.29 is 27.5 Å². The monoisotopic (exact) mass is 416 g/mol. The van der Waals surface area contributed by atoms with E-state index < -0.39 is 17.6 Å². The fraction of sp³-hybridized carbons (Fsp3) is 0.150. The summed E-state index contributed by atoms with van der Waals surface area (Å²) in [6.45, 7) is 0.428. The van der Waals surface area contributed by atoms with Crippen LogP contribution in [0, 0.1) is 0 Å². The molecule has 0 aliphatic carbocycles. The van der Waals surface area contributed by atoms with Crippen molar-refractivity contribution in [3.63, 3.8) is 0 Å². The zero-order valence-electron chi connectivity index (χ0n) is 15.6. The van der Waals surface area contributed by atoms with Crippen LogP contribution in [-0.2, 0) is 12.7 Å². The largest absolute Gasteiger partial charge is 0.493 e. The van der Waals surface area contributed by atoms with Crippen molar-refractivity contribution in [2.45, 2.75) is 12.7 Å². The third kappa shape index (κ3) is 3.59. The number of hydrogen-bond donors (Lipinski definition) is 2. The lowest BCUT2D eigenvalue weighted by atomic mass is 10.1. The molecule has 0 fully saturated rings. The number of rotatable bonds is 4. The van der Waals surface area contributed by atoms with Gasteiger partial charge in [0.1, 0.15) is 0 Å². The number of aromatic nitrogens is 2. The number of nitrogens with zero attached hydrogens (tertiary/aromatic N) is 2. The number of benzene rings is 2. The molecule has 2 aromatic carbocycles. The summed E-state index contributed by atoms with van der Waals surface area (Å²) in [6, 6.07) is 9.47. The number of halogens is 3. The van der Waals surface area contributed by atoms with Crippen molar-refractivity contribution >= 4 is 17.5 Å². The second-order valence-corrected chi connectivity index (χ2v) is 6.55. The predicted molar refractivity (Wildman–Crippen MR) is 101 cm³/mol. The molecule has 4 rings (SSSR count). The number of methoxy groups -OCH3 is 1. The first-order valence-corrected chi connectivity index (χ1v) is 8.80. The molecule has 0 radical (unpaired) electrons. The SMILES string of the molecule is COc1cn(-c2cccc(C(F)(F)F)c2)nc1C(=O)Nc1ccc2c(c1)C(=O)NC2. The first-order chi connectivity index (χ1) is 14.3. The lowest BCUT2D eigenvalue weighted by molar-refractivity contribution is -0.137. The fourth-order valence-corrected chi connectivity index (χ4v) is 3.10. The molecule has 0 unspecified atom stereocenters. The van der Waals surface area contributed by atoms with Crippen LogP contribution in [0.25, 0.3) is 5.69 Å². The molecule has 10 heteroatoms. The van der Waals surface area contributed by atoms with Gasteiger partial charge in [-0.1, -0.05) is 12.1 Å². The van der Waals surface area contributed by atoms with E-state index in [-0.39, 0.29) is 23.0 Å². The first-order valence-electron chi connectivity index (χ1n) is 8.80. The molecule has 2 heterocycles. The average molecular weight is 416 g/mol. The highest BCUT2D eigenvalue weighted by molar-refractivity contribution is 6.06. The van der Waals surface area contributed by atoms with E-state index in [1.54, 1.807) is 18.2 Å². The molecule has 2 amide bonds. The summed E-state index contributed by atoms with van der Waals surface area (Å²) in [7, 11) is 1.32. The van der Waals surface area contributed by atoms with Gasteiger partial charge in [0.15, 0.2) is 11.4 Å². The summed E-state index contributed by atoms with van der Waals surface area (Å²) < 4.78 is 45.2. The molecule has 154 valence electrons. The van der Waals surface area contributed by atoms with Crippen molar-refractivity contribution in [1.29, 1.82) is 0 Å². The van der Waals surface area contributed by atoms with Gasteiger partial charge in [0, 0.05) is 17.8 Å². The lowest BCUT2D eigenvalue weighted by Gasteiger charge is -2.08. The second kappa shape index (κ2) is 7.21. The maximum Gasteiger partial charge on any atom is 0.416 e. The zero-order chi connectivity index (χ0) is 21.5. The van der Waals surface area contributed by atoms with Crippen LogP contribution in [0.4, 0.5) is 18.9 Å². The number of carbonyl (C=O) groups is 2. The predicted octanol–water partition coefficient (Wildman–Crippen LogP) is 3.40. The minimum absolute atomic E-state index is 0.0869. The maximum atomic E-state index is 13.0. The number of amides is 2. The molecule has 0 bridgehead atoms. The van der Waals surface area contributed by atoms with Crippen LogP contribution in [0.15, 0.2) is 48.7 Å². The molecule has 30 heavy (non-hydrogen) atoms. The van der Waals surface area contributed by atoms with E-state index in [4.69, 9.17) is 4.74 Å². The molecule has 2 N–H and O–H groups in total. The minimum atomic E-state index is -4.51. The van der Waals surface area contributed by atoms with Crippen LogP contribution >= 0.6 is 0 Å².